The van der Waals surface area contributed by atoms with Gasteiger partial charge in [-0.1, -0.05) is 216 Å². The summed E-state index contributed by atoms with van der Waals surface area (Å²) in [6.45, 7) is 15.3. The number of aliphatic carboxylic acids is 1. The molecule has 7 aromatic rings. The SMILES string of the molecule is CC[C@H](C)[C@H](NC(=O)CNC(=O)[C@H](C)NC(=O)[C@H](C)NC(=O)[C@H](Cc1cn(C(c2ccccc2)(c2ccccc2)c2ccccc2)cn1)NC(=O)[C@H](CC(=O)NC(c1ccccc1)(c1ccccc1)c1ccccc1)NC(=O)CN)C(=O)N[C@@H](CC(C)C)C(=O)N[C@H](C(=O)N[C@@H](CCS(C)=O)C(N)=O)[C@@H](C)OC(C)(C)C.O=C(O)C(F)(F)F. The zero-order valence-corrected chi connectivity index (χ0v) is 68.6. The maximum Gasteiger partial charge on any atom is 0.490 e. The summed E-state index contributed by atoms with van der Waals surface area (Å²) in [5.74, 6) is -12.6. The Labute approximate surface area is 686 Å². The van der Waals surface area contributed by atoms with Gasteiger partial charge in [-0.25, -0.2) is 9.78 Å². The standard InChI is InChI=1S/C83H106N14O13S.C2HF3O2/c1-12-53(4)71(79(107)93-65(45-52(2)3)78(106)95-72(56(7)110-81(8,9)10)80(108)91-64(73(85)101)43-44-111(11)109)94-70(100)49-86-74(102)54(5)88-75(103)55(6)89-76(104)66(46-63-50-97(51-87-63)83(60-37-25-16-26-38-60,61-39-27-17-28-40-61)62-41-29-18-30-42-62)92-77(105)67(90-69(99)48-84)47-68(98)96-82(57-31-19-13-20-32-57,58-33-21-14-22-34-58)59-35-23-15-24-36-59;3-2(4,5)1(6)7/h13-42,50-56,64-67,71-72H,12,43-49,84H2,1-11H3,(H2,85,101)(H,86,102)(H,88,103)(H,89,104)(H,90,99)(H,91,108)(H,92,105)(H,93,107)(H,94,100)(H,95,106)(H,96,98);(H,6,7)/t53-,54-,55-,56+,64-,65-,66-,67-,71-,72-,111?;/m0./s1. The van der Waals surface area contributed by atoms with Gasteiger partial charge in [-0.3, -0.25) is 56.9 Å². The minimum Gasteiger partial charge on any atom is -0.475 e. The number of carbonyl (C=O) groups excluding carboxylic acids is 11. The van der Waals surface area contributed by atoms with E-state index in [-0.39, 0.29) is 36.6 Å². The van der Waals surface area contributed by atoms with Crippen molar-refractivity contribution in [3.05, 3.63) is 234 Å². The number of carbonyl (C=O) groups is 12. The molecule has 6 aromatic carbocycles. The molecule has 0 spiro atoms. The van der Waals surface area contributed by atoms with Crippen LogP contribution in [0, 0.1) is 11.8 Å². The highest BCUT2D eigenvalue weighted by atomic mass is 32.2. The number of amides is 11. The molecule has 1 unspecified atom stereocenters. The van der Waals surface area contributed by atoms with Crippen LogP contribution < -0.4 is 64.6 Å². The average molecular weight is 1650 g/mol. The van der Waals surface area contributed by atoms with E-state index in [1.54, 1.807) is 54.1 Å². The summed E-state index contributed by atoms with van der Waals surface area (Å²) >= 11 is 0. The lowest BCUT2D eigenvalue weighted by Gasteiger charge is -2.37. The lowest BCUT2D eigenvalue weighted by molar-refractivity contribution is -0.192. The van der Waals surface area contributed by atoms with E-state index in [0.29, 0.717) is 23.1 Å². The van der Waals surface area contributed by atoms with Gasteiger partial charge >= 0.3 is 12.1 Å². The Hall–Kier alpha value is -12.0. The number of nitrogens with zero attached hydrogens (tertiary/aromatic N) is 2. The molecule has 0 saturated carbocycles. The molecule has 0 saturated heterocycles. The number of carboxylic acid groups (broad SMARTS) is 1. The highest BCUT2D eigenvalue weighted by Crippen LogP contribution is 2.41. The monoisotopic (exact) mass is 1650 g/mol. The molecule has 15 N–H and O–H groups in total. The van der Waals surface area contributed by atoms with Crippen LogP contribution in [-0.4, -0.2) is 181 Å². The van der Waals surface area contributed by atoms with Crippen molar-refractivity contribution in [2.24, 2.45) is 23.3 Å². The number of alkyl halides is 3. The summed E-state index contributed by atoms with van der Waals surface area (Å²) in [5, 5.41) is 34.0. The normalized spacial score (nSPS) is 14.4. The number of imidazole rings is 1. The Bertz CT molecular complexity index is 4350. The van der Waals surface area contributed by atoms with Crippen LogP contribution in [0.15, 0.2) is 195 Å². The third-order valence-corrected chi connectivity index (χ3v) is 19.9. The lowest BCUT2D eigenvalue weighted by atomic mass is 9.77. The fraction of sp³-hybridized carbons (Fsp3) is 0.400. The quantitative estimate of drug-likeness (QED) is 0.0226. The minimum atomic E-state index is -5.08. The predicted molar refractivity (Wildman–Crippen MR) is 437 cm³/mol. The fourth-order valence-corrected chi connectivity index (χ4v) is 13.7. The third-order valence-electron chi connectivity index (χ3n) is 19.1. The van der Waals surface area contributed by atoms with E-state index in [1.165, 1.54) is 20.1 Å². The number of hydrogen-bond donors (Lipinski definition) is 13. The minimum absolute atomic E-state index is 0.0410. The molecule has 11 atom stereocenters. The molecule has 0 fully saturated rings. The number of nitrogens with one attached hydrogen (secondary N) is 10. The van der Waals surface area contributed by atoms with Crippen molar-refractivity contribution in [3.63, 3.8) is 0 Å². The van der Waals surface area contributed by atoms with Crippen LogP contribution in [0.5, 0.6) is 0 Å². The van der Waals surface area contributed by atoms with Gasteiger partial charge in [0.25, 0.3) is 0 Å². The summed E-state index contributed by atoms with van der Waals surface area (Å²) < 4.78 is 51.6. The number of nitrogens with two attached hydrogens (primary N) is 2. The zero-order valence-electron chi connectivity index (χ0n) is 67.7. The fourth-order valence-electron chi connectivity index (χ4n) is 13.1. The van der Waals surface area contributed by atoms with Gasteiger partial charge in [0.1, 0.15) is 59.4 Å². The van der Waals surface area contributed by atoms with Crippen molar-refractivity contribution in [2.45, 2.75) is 179 Å². The number of hydrogen-bond acceptors (Lipinski definition) is 16. The second-order valence-electron chi connectivity index (χ2n) is 29.8. The van der Waals surface area contributed by atoms with E-state index in [2.05, 4.69) is 53.2 Å². The van der Waals surface area contributed by atoms with E-state index in [1.807, 2.05) is 200 Å². The molecule has 0 aliphatic rings. The largest absolute Gasteiger partial charge is 0.490 e. The van der Waals surface area contributed by atoms with E-state index in [4.69, 9.17) is 31.1 Å². The van der Waals surface area contributed by atoms with E-state index >= 15 is 9.59 Å². The first-order valence-corrected chi connectivity index (χ1v) is 40.1. The summed E-state index contributed by atoms with van der Waals surface area (Å²) in [6, 6.07) is 45.8. The molecule has 1 heterocycles. The Morgan fingerprint density at radius 1 is 0.517 bits per heavy atom. The van der Waals surface area contributed by atoms with Gasteiger partial charge in [0, 0.05) is 35.4 Å². The Morgan fingerprint density at radius 2 is 0.932 bits per heavy atom. The maximum atomic E-state index is 15.1. The Morgan fingerprint density at radius 3 is 1.36 bits per heavy atom. The molecule has 0 radical (unpaired) electrons. The van der Waals surface area contributed by atoms with Gasteiger partial charge in [0.05, 0.1) is 43.2 Å². The predicted octanol–water partition coefficient (Wildman–Crippen LogP) is 4.94. The molecule has 11 amide bonds. The Kier molecular flexibility index (Phi) is 35.7. The molecular formula is C85H107F3N14O15S. The van der Waals surface area contributed by atoms with Gasteiger partial charge < -0.3 is 79.0 Å². The van der Waals surface area contributed by atoms with Crippen LogP contribution in [-0.2, 0) is 90.6 Å². The van der Waals surface area contributed by atoms with Crippen LogP contribution in [0.2, 0.25) is 0 Å². The summed E-state index contributed by atoms with van der Waals surface area (Å²) in [5.41, 5.74) is 13.2. The molecule has 1 aromatic heterocycles. The number of rotatable bonds is 40. The van der Waals surface area contributed by atoms with Gasteiger partial charge in [0.2, 0.25) is 65.0 Å². The molecule has 7 rings (SSSR count). The van der Waals surface area contributed by atoms with Crippen molar-refractivity contribution < 1.29 is 84.8 Å². The number of carboxylic acids is 1. The molecule has 0 aliphatic carbocycles. The highest BCUT2D eigenvalue weighted by Gasteiger charge is 2.43. The van der Waals surface area contributed by atoms with Crippen molar-refractivity contribution >= 4 is 81.7 Å². The molecule has 29 nitrogen and oxygen atoms in total. The molecule has 0 aliphatic heterocycles. The Balaban J connectivity index is 0.00000295. The lowest BCUT2D eigenvalue weighted by Crippen LogP contribution is -2.62. The molecule has 33 heteroatoms. The van der Waals surface area contributed by atoms with Crippen LogP contribution in [0.25, 0.3) is 0 Å². The summed E-state index contributed by atoms with van der Waals surface area (Å²) in [6.07, 6.45) is -1.87. The summed E-state index contributed by atoms with van der Waals surface area (Å²) in [4.78, 5) is 169. The topological polar surface area (TPSA) is 442 Å². The molecule has 0 bridgehead atoms. The third kappa shape index (κ3) is 27.3. The number of primary amides is 1. The summed E-state index contributed by atoms with van der Waals surface area (Å²) in [7, 11) is -1.32. The van der Waals surface area contributed by atoms with Crippen molar-refractivity contribution in [1.29, 1.82) is 0 Å². The van der Waals surface area contributed by atoms with E-state index in [0.717, 1.165) is 16.7 Å². The van der Waals surface area contributed by atoms with E-state index in [9.17, 15) is 60.5 Å². The van der Waals surface area contributed by atoms with Gasteiger partial charge in [-0.15, -0.1) is 0 Å². The number of halogens is 3. The van der Waals surface area contributed by atoms with Gasteiger partial charge in [0.15, 0.2) is 0 Å². The van der Waals surface area contributed by atoms with Crippen LogP contribution in [0.3, 0.4) is 0 Å². The van der Waals surface area contributed by atoms with Crippen molar-refractivity contribution in [2.75, 3.05) is 25.1 Å². The van der Waals surface area contributed by atoms with Crippen LogP contribution >= 0.6 is 0 Å². The second kappa shape index (κ2) is 44.4. The first-order chi connectivity index (χ1) is 55.7. The first-order valence-electron chi connectivity index (χ1n) is 38.4. The second-order valence-corrected chi connectivity index (χ2v) is 31.4. The van der Waals surface area contributed by atoms with Crippen molar-refractivity contribution in [3.8, 4) is 0 Å². The zero-order chi connectivity index (χ0) is 87.2. The first kappa shape index (κ1) is 94.9. The van der Waals surface area contributed by atoms with Crippen LogP contribution in [0.4, 0.5) is 13.2 Å². The maximum absolute atomic E-state index is 15.1. The number of aromatic nitrogens is 2. The van der Waals surface area contributed by atoms with E-state index < -0.39 is 184 Å². The molecular weight excluding hydrogens is 1550 g/mol. The number of benzene rings is 6. The number of ether oxygens (including phenoxy) is 1. The molecule has 118 heavy (non-hydrogen) atoms. The van der Waals surface area contributed by atoms with Gasteiger partial charge in [-0.2, -0.15) is 13.2 Å². The highest BCUT2D eigenvalue weighted by molar-refractivity contribution is 7.84. The van der Waals surface area contributed by atoms with Crippen molar-refractivity contribution in [1.82, 2.24) is 62.7 Å². The smallest absolute Gasteiger partial charge is 0.475 e. The average Bonchev–Trinajstić information content (AvgIpc) is 1.31. The van der Waals surface area contributed by atoms with Gasteiger partial charge in [-0.05, 0) is 99.6 Å². The molecule has 634 valence electrons. The van der Waals surface area contributed by atoms with Crippen LogP contribution in [0.1, 0.15) is 134 Å².